The molecular weight excluding hydrogens is 423 g/mol. The van der Waals surface area contributed by atoms with E-state index in [4.69, 9.17) is 12.6 Å². The molecule has 0 unspecified atom stereocenters. The summed E-state index contributed by atoms with van der Waals surface area (Å²) in [6.45, 7) is 4.97. The first-order valence-corrected chi connectivity index (χ1v) is 12.9. The standard InChI is InChI=1S/C29H37BO4/c1-3-29(30,4-2)17-11-9-7-5-6-8-10-12-18-34-22-14-16-24-26(20-22)28(33)23-15-13-21(31)19-25(23)27(24)32/h13-16,19-20,31H,3-12,17-18H2,1-2H3. The van der Waals surface area contributed by atoms with Gasteiger partial charge in [-0.2, -0.15) is 0 Å². The topological polar surface area (TPSA) is 63.6 Å². The highest BCUT2D eigenvalue weighted by Crippen LogP contribution is 2.36. The minimum atomic E-state index is -0.245. The van der Waals surface area contributed by atoms with Crippen molar-refractivity contribution in [3.63, 3.8) is 0 Å². The Hall–Kier alpha value is -2.56. The van der Waals surface area contributed by atoms with E-state index in [1.165, 1.54) is 56.7 Å². The molecule has 0 aromatic heterocycles. The summed E-state index contributed by atoms with van der Waals surface area (Å²) in [7, 11) is 6.37. The van der Waals surface area contributed by atoms with E-state index in [1.54, 1.807) is 18.2 Å². The molecule has 0 amide bonds. The Balaban J connectivity index is 1.34. The Kier molecular flexibility index (Phi) is 9.38. The van der Waals surface area contributed by atoms with Gasteiger partial charge in [-0.25, -0.2) is 0 Å². The Labute approximate surface area is 205 Å². The second kappa shape index (κ2) is 12.2. The fourth-order valence-electron chi connectivity index (χ4n) is 4.64. The van der Waals surface area contributed by atoms with Crippen molar-refractivity contribution in [1.29, 1.82) is 0 Å². The number of ketones is 2. The second-order valence-corrected chi connectivity index (χ2v) is 9.59. The molecule has 4 nitrogen and oxygen atoms in total. The van der Waals surface area contributed by atoms with Crippen LogP contribution in [-0.4, -0.2) is 31.1 Å². The molecule has 2 radical (unpaired) electrons. The van der Waals surface area contributed by atoms with E-state index in [2.05, 4.69) is 13.8 Å². The number of carbonyl (C=O) groups is 2. The number of ether oxygens (including phenoxy) is 1. The molecule has 0 saturated heterocycles. The molecule has 0 atom stereocenters. The molecule has 0 aliphatic heterocycles. The maximum Gasteiger partial charge on any atom is 0.194 e. The van der Waals surface area contributed by atoms with Gasteiger partial charge in [0.15, 0.2) is 11.6 Å². The lowest BCUT2D eigenvalue weighted by atomic mass is 9.62. The van der Waals surface area contributed by atoms with Gasteiger partial charge in [0, 0.05) is 22.3 Å². The van der Waals surface area contributed by atoms with E-state index in [0.717, 1.165) is 32.1 Å². The van der Waals surface area contributed by atoms with Crippen molar-refractivity contribution in [2.45, 2.75) is 89.8 Å². The third kappa shape index (κ3) is 6.52. The molecule has 1 aliphatic rings. The highest BCUT2D eigenvalue weighted by atomic mass is 16.5. The molecule has 0 saturated carbocycles. The van der Waals surface area contributed by atoms with E-state index in [1.807, 2.05) is 0 Å². The van der Waals surface area contributed by atoms with Crippen LogP contribution in [0.4, 0.5) is 0 Å². The normalized spacial score (nSPS) is 13.0. The van der Waals surface area contributed by atoms with E-state index in [-0.39, 0.29) is 28.2 Å². The molecule has 1 N–H and O–H groups in total. The van der Waals surface area contributed by atoms with Crippen LogP contribution in [0.1, 0.15) is 116 Å². The van der Waals surface area contributed by atoms with Crippen LogP contribution in [-0.2, 0) is 0 Å². The fourth-order valence-corrected chi connectivity index (χ4v) is 4.64. The molecule has 34 heavy (non-hydrogen) atoms. The second-order valence-electron chi connectivity index (χ2n) is 9.59. The van der Waals surface area contributed by atoms with Gasteiger partial charge in [-0.15, -0.1) is 0 Å². The molecule has 180 valence electrons. The summed E-state index contributed by atoms with van der Waals surface area (Å²) in [5, 5.41) is 9.70. The zero-order valence-electron chi connectivity index (χ0n) is 20.7. The van der Waals surface area contributed by atoms with Gasteiger partial charge in [-0.3, -0.25) is 9.59 Å². The summed E-state index contributed by atoms with van der Waals surface area (Å²) in [5.74, 6) is 0.129. The van der Waals surface area contributed by atoms with Crippen LogP contribution in [0.15, 0.2) is 36.4 Å². The molecule has 0 heterocycles. The quantitative estimate of drug-likeness (QED) is 0.204. The van der Waals surface area contributed by atoms with Crippen LogP contribution in [0.3, 0.4) is 0 Å². The third-order valence-corrected chi connectivity index (χ3v) is 7.22. The SMILES string of the molecule is [B]C(CC)(CC)CCCCCCCCCCOc1ccc2c(c1)C(=O)c1ccc(O)cc1C2=O. The number of benzene rings is 2. The molecule has 1 aliphatic carbocycles. The minimum Gasteiger partial charge on any atom is -0.508 e. The Morgan fingerprint density at radius 2 is 1.26 bits per heavy atom. The van der Waals surface area contributed by atoms with E-state index < -0.39 is 0 Å². The molecule has 0 spiro atoms. The first-order valence-electron chi connectivity index (χ1n) is 12.9. The lowest BCUT2D eigenvalue weighted by molar-refractivity contribution is 0.0978. The van der Waals surface area contributed by atoms with Crippen LogP contribution in [0, 0.1) is 0 Å². The van der Waals surface area contributed by atoms with Crippen molar-refractivity contribution in [2.24, 2.45) is 0 Å². The Bertz CT molecular complexity index is 994. The lowest BCUT2D eigenvalue weighted by Gasteiger charge is -2.27. The van der Waals surface area contributed by atoms with Crippen molar-refractivity contribution in [3.05, 3.63) is 58.7 Å². The number of hydrogen-bond acceptors (Lipinski definition) is 4. The summed E-state index contributed by atoms with van der Waals surface area (Å²) in [4.78, 5) is 25.6. The molecular formula is C29H37BO4. The first kappa shape index (κ1) is 26.1. The summed E-state index contributed by atoms with van der Waals surface area (Å²) < 4.78 is 5.86. The number of hydrogen-bond donors (Lipinski definition) is 1. The number of phenolic OH excluding ortho intramolecular Hbond substituents is 1. The van der Waals surface area contributed by atoms with Crippen LogP contribution >= 0.6 is 0 Å². The molecule has 2 aromatic carbocycles. The van der Waals surface area contributed by atoms with Crippen LogP contribution in [0.2, 0.25) is 5.31 Å². The number of aromatic hydroxyl groups is 1. The van der Waals surface area contributed by atoms with E-state index in [0.29, 0.717) is 29.0 Å². The van der Waals surface area contributed by atoms with Crippen molar-refractivity contribution in [2.75, 3.05) is 6.61 Å². The van der Waals surface area contributed by atoms with Gasteiger partial charge in [0.1, 0.15) is 11.5 Å². The number of fused-ring (bicyclic) bond motifs is 2. The summed E-state index contributed by atoms with van der Waals surface area (Å²) >= 11 is 0. The number of unbranched alkanes of at least 4 members (excludes halogenated alkanes) is 7. The maximum absolute atomic E-state index is 12.8. The highest BCUT2D eigenvalue weighted by Gasteiger charge is 2.30. The lowest BCUT2D eigenvalue weighted by Crippen LogP contribution is -2.20. The average Bonchev–Trinajstić information content (AvgIpc) is 2.85. The van der Waals surface area contributed by atoms with E-state index >= 15 is 0 Å². The predicted octanol–water partition coefficient (Wildman–Crippen LogP) is 7.20. The van der Waals surface area contributed by atoms with Gasteiger partial charge in [0.2, 0.25) is 0 Å². The number of rotatable bonds is 14. The van der Waals surface area contributed by atoms with Crippen LogP contribution in [0.5, 0.6) is 11.5 Å². The number of carbonyl (C=O) groups excluding carboxylic acids is 2. The zero-order valence-corrected chi connectivity index (χ0v) is 20.7. The maximum atomic E-state index is 12.8. The van der Waals surface area contributed by atoms with Gasteiger partial charge in [-0.05, 0) is 42.8 Å². The highest BCUT2D eigenvalue weighted by molar-refractivity contribution is 6.28. The van der Waals surface area contributed by atoms with Gasteiger partial charge >= 0.3 is 0 Å². The smallest absolute Gasteiger partial charge is 0.194 e. The average molecular weight is 460 g/mol. The summed E-state index contributed by atoms with van der Waals surface area (Å²) in [6, 6.07) is 9.34. The minimum absolute atomic E-state index is 0.0232. The van der Waals surface area contributed by atoms with Crippen LogP contribution in [0.25, 0.3) is 0 Å². The molecule has 5 heteroatoms. The molecule has 2 aromatic rings. The largest absolute Gasteiger partial charge is 0.508 e. The fraction of sp³-hybridized carbons (Fsp3) is 0.517. The van der Waals surface area contributed by atoms with Crippen molar-refractivity contribution in [1.82, 2.24) is 0 Å². The Morgan fingerprint density at radius 3 is 1.88 bits per heavy atom. The molecule has 3 rings (SSSR count). The van der Waals surface area contributed by atoms with Crippen molar-refractivity contribution in [3.8, 4) is 11.5 Å². The molecule has 0 fully saturated rings. The monoisotopic (exact) mass is 460 g/mol. The van der Waals surface area contributed by atoms with Crippen molar-refractivity contribution < 1.29 is 19.4 Å². The molecule has 0 bridgehead atoms. The Morgan fingerprint density at radius 1 is 0.735 bits per heavy atom. The third-order valence-electron chi connectivity index (χ3n) is 7.22. The summed E-state index contributed by atoms with van der Waals surface area (Å²) in [6.07, 6.45) is 12.9. The van der Waals surface area contributed by atoms with E-state index in [9.17, 15) is 14.7 Å². The van der Waals surface area contributed by atoms with Gasteiger partial charge in [0.25, 0.3) is 0 Å². The van der Waals surface area contributed by atoms with Gasteiger partial charge < -0.3 is 9.84 Å². The summed E-state index contributed by atoms with van der Waals surface area (Å²) in [5.41, 5.74) is 1.30. The first-order chi connectivity index (χ1) is 16.4. The predicted molar refractivity (Wildman–Crippen MR) is 137 cm³/mol. The van der Waals surface area contributed by atoms with Crippen LogP contribution < -0.4 is 4.74 Å². The van der Waals surface area contributed by atoms with Gasteiger partial charge in [-0.1, -0.05) is 83.4 Å². The van der Waals surface area contributed by atoms with Crippen molar-refractivity contribution >= 4 is 19.4 Å². The zero-order chi connectivity index (χ0) is 24.6. The number of phenols is 1. The van der Waals surface area contributed by atoms with Gasteiger partial charge in [0.05, 0.1) is 14.5 Å².